The number of thiazole rings is 1. The summed E-state index contributed by atoms with van der Waals surface area (Å²) in [5, 5.41) is 4.04. The van der Waals surface area contributed by atoms with Gasteiger partial charge in [0.25, 0.3) is 5.91 Å². The van der Waals surface area contributed by atoms with Crippen molar-refractivity contribution in [2.24, 2.45) is 0 Å². The van der Waals surface area contributed by atoms with E-state index in [1.807, 2.05) is 74.5 Å². The monoisotopic (exact) mass is 433 g/mol. The Morgan fingerprint density at radius 3 is 2.19 bits per heavy atom. The summed E-state index contributed by atoms with van der Waals surface area (Å²) < 4.78 is 0. The Balaban J connectivity index is 1.80. The minimum absolute atomic E-state index is 0.144. The van der Waals surface area contributed by atoms with Crippen LogP contribution in [0.25, 0.3) is 0 Å². The zero-order valence-electron chi connectivity index (χ0n) is 17.9. The van der Waals surface area contributed by atoms with Gasteiger partial charge in [-0.3, -0.25) is 14.5 Å². The summed E-state index contributed by atoms with van der Waals surface area (Å²) in [6.45, 7) is 3.73. The molecule has 1 aromatic heterocycles. The van der Waals surface area contributed by atoms with Crippen LogP contribution in [0.1, 0.15) is 57.7 Å². The van der Waals surface area contributed by atoms with Gasteiger partial charge in [0.05, 0.1) is 10.7 Å². The van der Waals surface area contributed by atoms with Gasteiger partial charge in [0.1, 0.15) is 10.9 Å². The first-order valence-corrected chi connectivity index (χ1v) is 11.5. The smallest absolute Gasteiger partial charge is 0.271 e. The van der Waals surface area contributed by atoms with E-state index in [4.69, 9.17) is 0 Å². The Bertz CT molecular complexity index is 1040. The van der Waals surface area contributed by atoms with E-state index in [1.165, 1.54) is 11.3 Å². The highest BCUT2D eigenvalue weighted by Gasteiger charge is 2.35. The molecule has 5 nitrogen and oxygen atoms in total. The van der Waals surface area contributed by atoms with Gasteiger partial charge in [-0.25, -0.2) is 4.98 Å². The maximum atomic E-state index is 13.9. The number of amides is 2. The molecule has 0 spiro atoms. The average Bonchev–Trinajstić information content (AvgIpc) is 3.41. The van der Waals surface area contributed by atoms with Crippen LogP contribution in [-0.4, -0.2) is 22.8 Å². The summed E-state index contributed by atoms with van der Waals surface area (Å²) in [7, 11) is 0. The molecule has 0 unspecified atom stereocenters. The van der Waals surface area contributed by atoms with E-state index in [0.29, 0.717) is 16.3 Å². The average molecular weight is 434 g/mol. The summed E-state index contributed by atoms with van der Waals surface area (Å²) in [4.78, 5) is 34.1. The Morgan fingerprint density at radius 1 is 1.00 bits per heavy atom. The van der Waals surface area contributed by atoms with Crippen LogP contribution in [-0.2, 0) is 4.79 Å². The van der Waals surface area contributed by atoms with Crippen molar-refractivity contribution >= 4 is 28.8 Å². The van der Waals surface area contributed by atoms with Gasteiger partial charge in [-0.15, -0.1) is 11.3 Å². The lowest BCUT2D eigenvalue weighted by molar-refractivity contribution is -0.123. The molecule has 1 saturated carbocycles. The van der Waals surface area contributed by atoms with Crippen LogP contribution < -0.4 is 10.2 Å². The molecule has 1 heterocycles. The van der Waals surface area contributed by atoms with Crippen LogP contribution in [0.3, 0.4) is 0 Å². The van der Waals surface area contributed by atoms with Gasteiger partial charge in [0, 0.05) is 11.7 Å². The fraction of sp³-hybridized carbons (Fsp3) is 0.320. The first-order valence-electron chi connectivity index (χ1n) is 10.7. The number of para-hydroxylation sites is 1. The van der Waals surface area contributed by atoms with Gasteiger partial charge in [-0.05, 0) is 44.4 Å². The number of nitrogens with zero attached hydrogens (tertiary/aromatic N) is 2. The molecule has 2 aromatic carbocycles. The molecule has 1 fully saturated rings. The topological polar surface area (TPSA) is 62.3 Å². The summed E-state index contributed by atoms with van der Waals surface area (Å²) in [5.41, 5.74) is 2.17. The molecule has 4 rings (SSSR count). The van der Waals surface area contributed by atoms with E-state index in [2.05, 4.69) is 10.3 Å². The number of benzene rings is 2. The van der Waals surface area contributed by atoms with Crippen LogP contribution in [0.5, 0.6) is 0 Å². The van der Waals surface area contributed by atoms with Crippen LogP contribution in [0.15, 0.2) is 60.7 Å². The van der Waals surface area contributed by atoms with Crippen molar-refractivity contribution in [3.63, 3.8) is 0 Å². The third kappa shape index (κ3) is 4.69. The lowest BCUT2D eigenvalue weighted by Crippen LogP contribution is -2.46. The maximum absolute atomic E-state index is 13.9. The minimum Gasteiger partial charge on any atom is -0.351 e. The number of rotatable bonds is 6. The van der Waals surface area contributed by atoms with E-state index in [-0.39, 0.29) is 17.9 Å². The van der Waals surface area contributed by atoms with E-state index in [9.17, 15) is 9.59 Å². The Labute approximate surface area is 187 Å². The molecule has 2 amide bonds. The highest BCUT2D eigenvalue weighted by atomic mass is 32.1. The molecule has 31 heavy (non-hydrogen) atoms. The van der Waals surface area contributed by atoms with Gasteiger partial charge in [-0.2, -0.15) is 0 Å². The van der Waals surface area contributed by atoms with Gasteiger partial charge >= 0.3 is 0 Å². The first kappa shape index (κ1) is 21.2. The van der Waals surface area contributed by atoms with E-state index in [0.717, 1.165) is 36.3 Å². The Morgan fingerprint density at radius 2 is 1.61 bits per heavy atom. The lowest BCUT2D eigenvalue weighted by Gasteiger charge is -2.32. The molecule has 1 aliphatic carbocycles. The molecule has 6 heteroatoms. The molecule has 1 aliphatic rings. The summed E-state index contributed by atoms with van der Waals surface area (Å²) in [6, 6.07) is 18.4. The van der Waals surface area contributed by atoms with E-state index < -0.39 is 6.04 Å². The second-order valence-corrected chi connectivity index (χ2v) is 9.16. The van der Waals surface area contributed by atoms with Gasteiger partial charge in [0.2, 0.25) is 5.91 Å². The van der Waals surface area contributed by atoms with Crippen molar-refractivity contribution in [2.75, 3.05) is 4.90 Å². The molecule has 0 aliphatic heterocycles. The summed E-state index contributed by atoms with van der Waals surface area (Å²) in [6.07, 6.45) is 4.22. The molecule has 160 valence electrons. The van der Waals surface area contributed by atoms with E-state index in [1.54, 1.807) is 4.90 Å². The fourth-order valence-corrected chi connectivity index (χ4v) is 5.07. The third-order valence-corrected chi connectivity index (χ3v) is 6.74. The Kier molecular flexibility index (Phi) is 6.47. The van der Waals surface area contributed by atoms with Crippen molar-refractivity contribution in [3.05, 3.63) is 81.8 Å². The van der Waals surface area contributed by atoms with Crippen LogP contribution in [0, 0.1) is 13.8 Å². The summed E-state index contributed by atoms with van der Waals surface area (Å²) >= 11 is 1.37. The molecular formula is C25H27N3O2S. The van der Waals surface area contributed by atoms with Crippen LogP contribution >= 0.6 is 11.3 Å². The molecule has 3 aromatic rings. The molecular weight excluding hydrogens is 406 g/mol. The molecule has 1 atom stereocenters. The van der Waals surface area contributed by atoms with Crippen LogP contribution in [0.2, 0.25) is 0 Å². The third-order valence-electron chi connectivity index (χ3n) is 5.67. The zero-order chi connectivity index (χ0) is 21.8. The second-order valence-electron chi connectivity index (χ2n) is 7.96. The number of aryl methyl sites for hydroxylation is 2. The fourth-order valence-electron chi connectivity index (χ4n) is 4.21. The number of hydrogen-bond acceptors (Lipinski definition) is 4. The number of nitrogens with one attached hydrogen (secondary N) is 1. The quantitative estimate of drug-likeness (QED) is 0.581. The SMILES string of the molecule is Cc1nc(C)c(C(=O)N(c2ccccc2)[C@@H](C(=O)NC2CCCC2)c2ccccc2)s1. The van der Waals surface area contributed by atoms with Crippen molar-refractivity contribution in [1.82, 2.24) is 10.3 Å². The Hall–Kier alpha value is -2.99. The second kappa shape index (κ2) is 9.43. The maximum Gasteiger partial charge on any atom is 0.271 e. The van der Waals surface area contributed by atoms with Gasteiger partial charge in [-0.1, -0.05) is 61.4 Å². The molecule has 0 bridgehead atoms. The number of aromatic nitrogens is 1. The molecule has 0 saturated heterocycles. The number of carbonyl (C=O) groups excluding carboxylic acids is 2. The summed E-state index contributed by atoms with van der Waals surface area (Å²) in [5.74, 6) is -0.348. The van der Waals surface area contributed by atoms with Crippen molar-refractivity contribution in [1.29, 1.82) is 0 Å². The largest absolute Gasteiger partial charge is 0.351 e. The van der Waals surface area contributed by atoms with Gasteiger partial charge < -0.3 is 5.32 Å². The van der Waals surface area contributed by atoms with Crippen molar-refractivity contribution in [2.45, 2.75) is 51.6 Å². The van der Waals surface area contributed by atoms with Crippen molar-refractivity contribution < 1.29 is 9.59 Å². The van der Waals surface area contributed by atoms with E-state index >= 15 is 0 Å². The molecule has 1 N–H and O–H groups in total. The first-order chi connectivity index (χ1) is 15.0. The van der Waals surface area contributed by atoms with Crippen LogP contribution in [0.4, 0.5) is 5.69 Å². The number of hydrogen-bond donors (Lipinski definition) is 1. The minimum atomic E-state index is -0.765. The van der Waals surface area contributed by atoms with Gasteiger partial charge in [0.15, 0.2) is 0 Å². The predicted molar refractivity (Wildman–Crippen MR) is 124 cm³/mol. The lowest BCUT2D eigenvalue weighted by atomic mass is 10.0. The highest BCUT2D eigenvalue weighted by Crippen LogP contribution is 2.32. The molecule has 0 radical (unpaired) electrons. The predicted octanol–water partition coefficient (Wildman–Crippen LogP) is 5.21. The number of carbonyl (C=O) groups is 2. The standard InChI is InChI=1S/C25H27N3O2S/c1-17-23(31-18(2)26-17)25(30)28(21-15-7-4-8-16-21)22(19-11-5-3-6-12-19)24(29)27-20-13-9-10-14-20/h3-8,11-12,15-16,20,22H,9-10,13-14H2,1-2H3,(H,27,29)/t22-/m1/s1. The zero-order valence-corrected chi connectivity index (χ0v) is 18.7. The van der Waals surface area contributed by atoms with Crippen molar-refractivity contribution in [3.8, 4) is 0 Å². The normalized spacial score (nSPS) is 14.9. The highest BCUT2D eigenvalue weighted by molar-refractivity contribution is 7.13. The number of anilines is 1.